The summed E-state index contributed by atoms with van der Waals surface area (Å²) in [4.78, 5) is 29.6. The van der Waals surface area contributed by atoms with Crippen LogP contribution in [-0.4, -0.2) is 51.1 Å². The van der Waals surface area contributed by atoms with E-state index in [9.17, 15) is 14.7 Å². The molecule has 0 unspecified atom stereocenters. The van der Waals surface area contributed by atoms with E-state index < -0.39 is 5.97 Å². The van der Waals surface area contributed by atoms with E-state index in [1.165, 1.54) is 6.42 Å². The number of aromatic carboxylic acids is 1. The zero-order valence-electron chi connectivity index (χ0n) is 20.8. The number of hydrogen-bond acceptors (Lipinski definition) is 6. The average molecular weight is 503 g/mol. The topological polar surface area (TPSA) is 119 Å². The van der Waals surface area contributed by atoms with E-state index in [4.69, 9.17) is 14.5 Å². The third kappa shape index (κ3) is 5.13. The fourth-order valence-electron chi connectivity index (χ4n) is 5.11. The molecular formula is C28H30N4O5. The first-order valence-electron chi connectivity index (χ1n) is 12.6. The number of aromatic nitrogens is 4. The quantitative estimate of drug-likeness (QED) is 0.321. The molecule has 37 heavy (non-hydrogen) atoms. The van der Waals surface area contributed by atoms with Gasteiger partial charge in [0, 0.05) is 19.6 Å². The lowest BCUT2D eigenvalue weighted by Gasteiger charge is -2.22. The van der Waals surface area contributed by atoms with Gasteiger partial charge in [0.05, 0.1) is 12.2 Å². The van der Waals surface area contributed by atoms with Crippen LogP contribution in [0.2, 0.25) is 0 Å². The predicted octanol–water partition coefficient (Wildman–Crippen LogP) is 4.61. The van der Waals surface area contributed by atoms with Gasteiger partial charge in [-0.25, -0.2) is 14.9 Å². The second-order valence-electron chi connectivity index (χ2n) is 9.34. The number of carboxylic acids is 1. The molecule has 0 radical (unpaired) electrons. The van der Waals surface area contributed by atoms with Gasteiger partial charge < -0.3 is 19.1 Å². The predicted molar refractivity (Wildman–Crippen MR) is 139 cm³/mol. The van der Waals surface area contributed by atoms with E-state index in [1.54, 1.807) is 25.3 Å². The first kappa shape index (κ1) is 24.7. The summed E-state index contributed by atoms with van der Waals surface area (Å²) in [5.74, 6) is 0.473. The van der Waals surface area contributed by atoms with Gasteiger partial charge in [-0.2, -0.15) is 0 Å². The van der Waals surface area contributed by atoms with Gasteiger partial charge in [0.1, 0.15) is 17.9 Å². The summed E-state index contributed by atoms with van der Waals surface area (Å²) in [6.45, 7) is 1.15. The van der Waals surface area contributed by atoms with Gasteiger partial charge in [-0.15, -0.1) is 5.10 Å². The minimum absolute atomic E-state index is 0.258. The number of H-pyrrole nitrogens is 1. The van der Waals surface area contributed by atoms with Crippen LogP contribution >= 0.6 is 0 Å². The summed E-state index contributed by atoms with van der Waals surface area (Å²) >= 11 is 0. The second kappa shape index (κ2) is 11.0. The molecule has 1 aliphatic carbocycles. The highest BCUT2D eigenvalue weighted by Gasteiger charge is 2.26. The number of nitrogens with zero attached hydrogens (tertiary/aromatic N) is 3. The molecule has 1 aliphatic rings. The SMILES string of the molecule is COCCOc1n[nH]c(=O)c2c1nc(C1CCCCC1)n2Cc1ccc(-c2ccccc2C(=O)O)cc1. The van der Waals surface area contributed by atoms with Gasteiger partial charge in [-0.3, -0.25) is 4.79 Å². The maximum absolute atomic E-state index is 13.0. The second-order valence-corrected chi connectivity index (χ2v) is 9.34. The van der Waals surface area contributed by atoms with Crippen molar-refractivity contribution < 1.29 is 19.4 Å². The fraction of sp³-hybridized carbons (Fsp3) is 0.357. The molecule has 1 fully saturated rings. The van der Waals surface area contributed by atoms with Crippen molar-refractivity contribution in [2.45, 2.75) is 44.6 Å². The minimum atomic E-state index is -0.960. The standard InChI is InChI=1S/C28H30N4O5/c1-36-15-16-37-27-23-24(26(33)30-31-27)32(25(29-23)20-7-3-2-4-8-20)17-18-11-13-19(14-12-18)21-9-5-6-10-22(21)28(34)35/h5-6,9-14,20H,2-4,7-8,15-17H2,1H3,(H,30,33)(H,34,35). The van der Waals surface area contributed by atoms with E-state index in [0.717, 1.165) is 42.6 Å². The van der Waals surface area contributed by atoms with Gasteiger partial charge in [-0.05, 0) is 35.6 Å². The molecule has 192 valence electrons. The van der Waals surface area contributed by atoms with Crippen LogP contribution in [0.1, 0.15) is 59.8 Å². The Morgan fingerprint density at radius 1 is 1.08 bits per heavy atom. The largest absolute Gasteiger partial charge is 0.478 e. The van der Waals surface area contributed by atoms with E-state index >= 15 is 0 Å². The molecule has 2 heterocycles. The van der Waals surface area contributed by atoms with Crippen LogP contribution in [0.4, 0.5) is 0 Å². The molecule has 2 aromatic heterocycles. The summed E-state index contributed by atoms with van der Waals surface area (Å²) in [5.41, 5.74) is 3.33. The third-order valence-electron chi connectivity index (χ3n) is 6.93. The van der Waals surface area contributed by atoms with Crippen molar-refractivity contribution in [2.24, 2.45) is 0 Å². The van der Waals surface area contributed by atoms with Gasteiger partial charge >= 0.3 is 5.97 Å². The van der Waals surface area contributed by atoms with E-state index in [0.29, 0.717) is 42.2 Å². The van der Waals surface area contributed by atoms with Crippen molar-refractivity contribution in [3.8, 4) is 17.0 Å². The van der Waals surface area contributed by atoms with Crippen molar-refractivity contribution in [2.75, 3.05) is 20.3 Å². The number of imidazole rings is 1. The van der Waals surface area contributed by atoms with Crippen LogP contribution in [0.5, 0.6) is 5.88 Å². The highest BCUT2D eigenvalue weighted by atomic mass is 16.5. The lowest BCUT2D eigenvalue weighted by Crippen LogP contribution is -2.18. The Labute approximate surface area is 214 Å². The summed E-state index contributed by atoms with van der Waals surface area (Å²) in [6, 6.07) is 14.7. The zero-order chi connectivity index (χ0) is 25.8. The zero-order valence-corrected chi connectivity index (χ0v) is 20.8. The Morgan fingerprint density at radius 2 is 1.84 bits per heavy atom. The van der Waals surface area contributed by atoms with Gasteiger partial charge in [0.25, 0.3) is 11.4 Å². The number of nitrogens with one attached hydrogen (secondary N) is 1. The van der Waals surface area contributed by atoms with E-state index in [2.05, 4.69) is 10.2 Å². The average Bonchev–Trinajstić information content (AvgIpc) is 3.31. The molecule has 9 heteroatoms. The van der Waals surface area contributed by atoms with Crippen molar-refractivity contribution >= 4 is 17.0 Å². The maximum Gasteiger partial charge on any atom is 0.336 e. The molecule has 0 amide bonds. The first-order chi connectivity index (χ1) is 18.1. The number of fused-ring (bicyclic) bond motifs is 1. The number of aromatic amines is 1. The minimum Gasteiger partial charge on any atom is -0.478 e. The number of benzene rings is 2. The molecular weight excluding hydrogens is 472 g/mol. The number of carbonyl (C=O) groups is 1. The number of carboxylic acid groups (broad SMARTS) is 1. The van der Waals surface area contributed by atoms with Crippen molar-refractivity contribution in [1.82, 2.24) is 19.7 Å². The summed E-state index contributed by atoms with van der Waals surface area (Å²) < 4.78 is 12.9. The molecule has 0 bridgehead atoms. The molecule has 2 N–H and O–H groups in total. The third-order valence-corrected chi connectivity index (χ3v) is 6.93. The Balaban J connectivity index is 1.54. The van der Waals surface area contributed by atoms with Crippen molar-refractivity contribution in [1.29, 1.82) is 0 Å². The highest BCUT2D eigenvalue weighted by molar-refractivity contribution is 5.96. The number of hydrogen-bond donors (Lipinski definition) is 2. The monoisotopic (exact) mass is 502 g/mol. The molecule has 1 saturated carbocycles. The number of methoxy groups -OCH3 is 1. The van der Waals surface area contributed by atoms with E-state index in [1.807, 2.05) is 34.9 Å². The maximum atomic E-state index is 13.0. The Morgan fingerprint density at radius 3 is 2.57 bits per heavy atom. The Kier molecular flexibility index (Phi) is 7.32. The van der Waals surface area contributed by atoms with Crippen LogP contribution in [0.3, 0.4) is 0 Å². The smallest absolute Gasteiger partial charge is 0.336 e. The Bertz CT molecular complexity index is 1450. The summed E-state index contributed by atoms with van der Waals surface area (Å²) in [5, 5.41) is 16.2. The van der Waals surface area contributed by atoms with Crippen molar-refractivity contribution in [3.05, 3.63) is 75.8 Å². The summed E-state index contributed by atoms with van der Waals surface area (Å²) in [6.07, 6.45) is 5.54. The Hall–Kier alpha value is -3.98. The lowest BCUT2D eigenvalue weighted by molar-refractivity contribution is 0.0697. The normalized spacial score (nSPS) is 14.2. The van der Waals surface area contributed by atoms with Crippen LogP contribution in [0.25, 0.3) is 22.2 Å². The molecule has 0 spiro atoms. The highest BCUT2D eigenvalue weighted by Crippen LogP contribution is 2.35. The van der Waals surface area contributed by atoms with Crippen LogP contribution in [0, 0.1) is 0 Å². The molecule has 0 atom stereocenters. The van der Waals surface area contributed by atoms with Crippen LogP contribution < -0.4 is 10.3 Å². The number of ether oxygens (including phenoxy) is 2. The fourth-order valence-corrected chi connectivity index (χ4v) is 5.11. The molecule has 4 aromatic rings. The van der Waals surface area contributed by atoms with Crippen LogP contribution in [0.15, 0.2) is 53.3 Å². The number of rotatable bonds is 9. The molecule has 2 aromatic carbocycles. The van der Waals surface area contributed by atoms with Crippen LogP contribution in [-0.2, 0) is 11.3 Å². The molecule has 0 aliphatic heterocycles. The summed E-state index contributed by atoms with van der Waals surface area (Å²) in [7, 11) is 1.60. The molecule has 5 rings (SSSR count). The van der Waals surface area contributed by atoms with Crippen molar-refractivity contribution in [3.63, 3.8) is 0 Å². The van der Waals surface area contributed by atoms with E-state index in [-0.39, 0.29) is 17.0 Å². The molecule has 9 nitrogen and oxygen atoms in total. The van der Waals surface area contributed by atoms with Gasteiger partial charge in [-0.1, -0.05) is 61.7 Å². The molecule has 0 saturated heterocycles. The van der Waals surface area contributed by atoms with Gasteiger partial charge in [0.2, 0.25) is 0 Å². The first-order valence-corrected chi connectivity index (χ1v) is 12.6. The van der Waals surface area contributed by atoms with Gasteiger partial charge in [0.15, 0.2) is 5.52 Å². The lowest BCUT2D eigenvalue weighted by atomic mass is 9.88.